The molecule has 6 heteroatoms. The summed E-state index contributed by atoms with van der Waals surface area (Å²) >= 11 is 0. The highest BCUT2D eigenvalue weighted by Gasteiger charge is 2.26. The van der Waals surface area contributed by atoms with Crippen LogP contribution >= 0.6 is 0 Å². The Morgan fingerprint density at radius 3 is 2.50 bits per heavy atom. The van der Waals surface area contributed by atoms with Gasteiger partial charge in [-0.05, 0) is 18.9 Å². The number of carbonyl (C=O) groups excluding carboxylic acids is 2. The first kappa shape index (κ1) is 12.3. The van der Waals surface area contributed by atoms with Crippen LogP contribution in [0.5, 0.6) is 5.75 Å². The van der Waals surface area contributed by atoms with Gasteiger partial charge in [0.2, 0.25) is 0 Å². The molecule has 0 aromatic carbocycles. The summed E-state index contributed by atoms with van der Waals surface area (Å²) in [5.41, 5.74) is 0.581. The summed E-state index contributed by atoms with van der Waals surface area (Å²) in [7, 11) is 3.06. The predicted octanol–water partition coefficient (Wildman–Crippen LogP) is 0.342. The molecule has 96 valence electrons. The van der Waals surface area contributed by atoms with Crippen molar-refractivity contribution in [3.05, 3.63) is 23.5 Å². The highest BCUT2D eigenvalue weighted by molar-refractivity contribution is 5.98. The maximum atomic E-state index is 11.6. The first-order chi connectivity index (χ1) is 8.65. The molecule has 2 N–H and O–H groups in total. The summed E-state index contributed by atoms with van der Waals surface area (Å²) < 4.78 is 5.61. The molecular weight excluding hydrogens is 234 g/mol. The molecule has 1 aromatic heterocycles. The molecule has 0 unspecified atom stereocenters. The number of hydrogen-bond acceptors (Lipinski definition) is 4. The summed E-state index contributed by atoms with van der Waals surface area (Å²) in [5, 5.41) is 5.00. The third-order valence-electron chi connectivity index (χ3n) is 2.60. The van der Waals surface area contributed by atoms with Crippen molar-refractivity contribution in [2.45, 2.75) is 18.9 Å². The molecule has 0 bridgehead atoms. The summed E-state index contributed by atoms with van der Waals surface area (Å²) in [5.74, 6) is -0.223. The molecule has 2 rings (SSSR count). The van der Waals surface area contributed by atoms with Crippen LogP contribution in [0.1, 0.15) is 33.7 Å². The molecule has 1 heterocycles. The number of hydrogen-bond donors (Lipinski definition) is 2. The Morgan fingerprint density at radius 1 is 1.28 bits per heavy atom. The molecule has 6 nitrogen and oxygen atoms in total. The lowest BCUT2D eigenvalue weighted by molar-refractivity contribution is 0.0942. The van der Waals surface area contributed by atoms with Crippen molar-refractivity contribution in [1.82, 2.24) is 15.6 Å². The van der Waals surface area contributed by atoms with Gasteiger partial charge < -0.3 is 15.4 Å². The SMILES string of the molecule is CNC(=O)c1cnc(C(=O)NC)c(OC2CC2)c1. The lowest BCUT2D eigenvalue weighted by Gasteiger charge is -2.10. The smallest absolute Gasteiger partial charge is 0.273 e. The Labute approximate surface area is 105 Å². The fourth-order valence-electron chi connectivity index (χ4n) is 1.46. The van der Waals surface area contributed by atoms with E-state index in [9.17, 15) is 9.59 Å². The van der Waals surface area contributed by atoms with E-state index in [1.807, 2.05) is 0 Å². The van der Waals surface area contributed by atoms with Crippen molar-refractivity contribution in [3.63, 3.8) is 0 Å². The standard InChI is InChI=1S/C12H15N3O3/c1-13-11(16)7-5-9(18-8-3-4-8)10(15-6-7)12(17)14-2/h5-6,8H,3-4H2,1-2H3,(H,13,16)(H,14,17). The van der Waals surface area contributed by atoms with E-state index >= 15 is 0 Å². The first-order valence-electron chi connectivity index (χ1n) is 5.76. The number of pyridine rings is 1. The predicted molar refractivity (Wildman–Crippen MR) is 64.7 cm³/mol. The molecular formula is C12H15N3O3. The van der Waals surface area contributed by atoms with Gasteiger partial charge in [-0.3, -0.25) is 9.59 Å². The molecule has 0 saturated heterocycles. The molecule has 18 heavy (non-hydrogen) atoms. The number of amides is 2. The zero-order valence-corrected chi connectivity index (χ0v) is 10.3. The fraction of sp³-hybridized carbons (Fsp3) is 0.417. The summed E-state index contributed by atoms with van der Waals surface area (Å²) in [6.07, 6.45) is 3.44. The van der Waals surface area contributed by atoms with Gasteiger partial charge in [0.25, 0.3) is 11.8 Å². The Bertz CT molecular complexity index is 483. The number of rotatable bonds is 4. The quantitative estimate of drug-likeness (QED) is 0.806. The maximum Gasteiger partial charge on any atom is 0.273 e. The van der Waals surface area contributed by atoms with Gasteiger partial charge >= 0.3 is 0 Å². The average molecular weight is 249 g/mol. The largest absolute Gasteiger partial charge is 0.488 e. The van der Waals surface area contributed by atoms with Crippen molar-refractivity contribution in [1.29, 1.82) is 0 Å². The Morgan fingerprint density at radius 2 is 1.94 bits per heavy atom. The lowest BCUT2D eigenvalue weighted by Crippen LogP contribution is -2.23. The molecule has 1 aliphatic carbocycles. The van der Waals surface area contributed by atoms with E-state index in [1.54, 1.807) is 6.07 Å². The molecule has 0 atom stereocenters. The second kappa shape index (κ2) is 5.03. The Hall–Kier alpha value is -2.11. The van der Waals surface area contributed by atoms with E-state index in [0.717, 1.165) is 12.8 Å². The van der Waals surface area contributed by atoms with E-state index in [0.29, 0.717) is 11.3 Å². The van der Waals surface area contributed by atoms with Crippen LogP contribution in [0.15, 0.2) is 12.3 Å². The van der Waals surface area contributed by atoms with Crippen molar-refractivity contribution >= 4 is 11.8 Å². The van der Waals surface area contributed by atoms with Gasteiger partial charge in [-0.2, -0.15) is 0 Å². The summed E-state index contributed by atoms with van der Waals surface area (Å²) in [6.45, 7) is 0. The number of aromatic nitrogens is 1. The maximum absolute atomic E-state index is 11.6. The van der Waals surface area contributed by atoms with E-state index in [4.69, 9.17) is 4.74 Å². The van der Waals surface area contributed by atoms with Crippen molar-refractivity contribution in [2.24, 2.45) is 0 Å². The number of nitrogens with one attached hydrogen (secondary N) is 2. The van der Waals surface area contributed by atoms with E-state index in [1.165, 1.54) is 20.3 Å². The van der Waals surface area contributed by atoms with Gasteiger partial charge in [0.15, 0.2) is 11.4 Å². The molecule has 0 aliphatic heterocycles. The van der Waals surface area contributed by atoms with Gasteiger partial charge in [-0.15, -0.1) is 0 Å². The van der Waals surface area contributed by atoms with Crippen molar-refractivity contribution in [3.8, 4) is 5.75 Å². The molecule has 0 spiro atoms. The van der Waals surface area contributed by atoms with Crippen LogP contribution in [-0.2, 0) is 0 Å². The monoisotopic (exact) mass is 249 g/mol. The Balaban J connectivity index is 2.33. The van der Waals surface area contributed by atoms with Crippen LogP contribution in [0.4, 0.5) is 0 Å². The molecule has 1 aromatic rings. The van der Waals surface area contributed by atoms with Crippen LogP contribution in [0.2, 0.25) is 0 Å². The van der Waals surface area contributed by atoms with Gasteiger partial charge in [0.1, 0.15) is 0 Å². The second-order valence-electron chi connectivity index (χ2n) is 4.05. The normalized spacial score (nSPS) is 13.9. The minimum absolute atomic E-state index is 0.134. The number of nitrogens with zero attached hydrogens (tertiary/aromatic N) is 1. The van der Waals surface area contributed by atoms with E-state index < -0.39 is 0 Å². The molecule has 2 amide bonds. The number of ether oxygens (including phenoxy) is 1. The lowest BCUT2D eigenvalue weighted by atomic mass is 10.2. The van der Waals surface area contributed by atoms with Gasteiger partial charge in [-0.25, -0.2) is 4.98 Å². The van der Waals surface area contributed by atoms with Crippen LogP contribution in [0.3, 0.4) is 0 Å². The minimum atomic E-state index is -0.325. The summed E-state index contributed by atoms with van der Waals surface area (Å²) in [4.78, 5) is 27.1. The van der Waals surface area contributed by atoms with E-state index in [-0.39, 0.29) is 23.6 Å². The topological polar surface area (TPSA) is 80.3 Å². The minimum Gasteiger partial charge on any atom is -0.488 e. The third kappa shape index (κ3) is 2.58. The van der Waals surface area contributed by atoms with Crippen molar-refractivity contribution in [2.75, 3.05) is 14.1 Å². The highest BCUT2D eigenvalue weighted by atomic mass is 16.5. The van der Waals surface area contributed by atoms with Gasteiger partial charge in [0.05, 0.1) is 11.7 Å². The third-order valence-corrected chi connectivity index (χ3v) is 2.60. The highest BCUT2D eigenvalue weighted by Crippen LogP contribution is 2.29. The fourth-order valence-corrected chi connectivity index (χ4v) is 1.46. The first-order valence-corrected chi connectivity index (χ1v) is 5.76. The average Bonchev–Trinajstić information content (AvgIpc) is 3.20. The van der Waals surface area contributed by atoms with Crippen molar-refractivity contribution < 1.29 is 14.3 Å². The Kier molecular flexibility index (Phi) is 3.45. The van der Waals surface area contributed by atoms with E-state index in [2.05, 4.69) is 15.6 Å². The zero-order chi connectivity index (χ0) is 13.1. The molecule has 1 aliphatic rings. The number of carbonyl (C=O) groups is 2. The van der Waals surface area contributed by atoms with Crippen LogP contribution in [0, 0.1) is 0 Å². The summed E-state index contributed by atoms with van der Waals surface area (Å²) in [6, 6.07) is 1.55. The van der Waals surface area contributed by atoms with Crippen LogP contribution < -0.4 is 15.4 Å². The molecule has 1 saturated carbocycles. The second-order valence-corrected chi connectivity index (χ2v) is 4.05. The van der Waals surface area contributed by atoms with Gasteiger partial charge in [-0.1, -0.05) is 0 Å². The zero-order valence-electron chi connectivity index (χ0n) is 10.3. The van der Waals surface area contributed by atoms with Crippen LogP contribution in [-0.4, -0.2) is 37.0 Å². The van der Waals surface area contributed by atoms with Gasteiger partial charge in [0, 0.05) is 20.3 Å². The molecule has 1 fully saturated rings. The van der Waals surface area contributed by atoms with Crippen LogP contribution in [0.25, 0.3) is 0 Å². The molecule has 0 radical (unpaired) electrons.